The fourth-order valence-corrected chi connectivity index (χ4v) is 5.72. The molecule has 7 heteroatoms. The van der Waals surface area contributed by atoms with E-state index in [0.717, 1.165) is 61.4 Å². The van der Waals surface area contributed by atoms with Crippen LogP contribution in [0.25, 0.3) is 11.0 Å². The van der Waals surface area contributed by atoms with E-state index < -0.39 is 0 Å². The van der Waals surface area contributed by atoms with Gasteiger partial charge in [0.2, 0.25) is 5.91 Å². The lowest BCUT2D eigenvalue weighted by atomic mass is 9.87. The molecule has 0 bridgehead atoms. The standard InChI is InChI=1S/C28H34FN3O3/c1-28(2)18-20(12-15-35-28)27(33)31-13-10-22(11-14-31)32-24-9-8-21(29)17-23(24)30-26(32)16-19-6-4-5-7-25(19)34-3/h4-9,17,20,22H,10-16,18H2,1-3H3. The van der Waals surface area contributed by atoms with Crippen molar-refractivity contribution in [1.82, 2.24) is 14.5 Å². The zero-order valence-corrected chi connectivity index (χ0v) is 20.8. The second kappa shape index (κ2) is 9.61. The number of halogens is 1. The fourth-order valence-electron chi connectivity index (χ4n) is 5.72. The second-order valence-corrected chi connectivity index (χ2v) is 10.4. The minimum atomic E-state index is -0.286. The summed E-state index contributed by atoms with van der Waals surface area (Å²) in [7, 11) is 1.67. The number of carbonyl (C=O) groups is 1. The Morgan fingerprint density at radius 3 is 2.69 bits per heavy atom. The number of carbonyl (C=O) groups excluding carboxylic acids is 1. The number of amides is 1. The smallest absolute Gasteiger partial charge is 0.225 e. The molecule has 1 amide bonds. The molecule has 0 radical (unpaired) electrons. The van der Waals surface area contributed by atoms with Crippen LogP contribution >= 0.6 is 0 Å². The summed E-state index contributed by atoms with van der Waals surface area (Å²) in [6.07, 6.45) is 3.85. The second-order valence-electron chi connectivity index (χ2n) is 10.4. The molecule has 2 aliphatic rings. The summed E-state index contributed by atoms with van der Waals surface area (Å²) in [5, 5.41) is 0. The number of hydrogen-bond acceptors (Lipinski definition) is 4. The summed E-state index contributed by atoms with van der Waals surface area (Å²) in [4.78, 5) is 20.1. The van der Waals surface area contributed by atoms with E-state index in [4.69, 9.17) is 14.5 Å². The normalized spacial score (nSPS) is 20.8. The fraction of sp³-hybridized carbons (Fsp3) is 0.500. The van der Waals surface area contributed by atoms with Crippen molar-refractivity contribution in [3.63, 3.8) is 0 Å². The van der Waals surface area contributed by atoms with E-state index in [0.29, 0.717) is 18.5 Å². The van der Waals surface area contributed by atoms with E-state index in [9.17, 15) is 9.18 Å². The van der Waals surface area contributed by atoms with Gasteiger partial charge in [0.05, 0.1) is 23.7 Å². The van der Waals surface area contributed by atoms with Crippen LogP contribution in [0.15, 0.2) is 42.5 Å². The molecule has 35 heavy (non-hydrogen) atoms. The van der Waals surface area contributed by atoms with Crippen molar-refractivity contribution in [2.45, 2.75) is 57.6 Å². The van der Waals surface area contributed by atoms with Gasteiger partial charge in [0.1, 0.15) is 17.4 Å². The Labute approximate surface area is 206 Å². The van der Waals surface area contributed by atoms with Gasteiger partial charge in [-0.2, -0.15) is 0 Å². The minimum Gasteiger partial charge on any atom is -0.496 e. The summed E-state index contributed by atoms with van der Waals surface area (Å²) in [6.45, 7) is 6.21. The number of nitrogens with zero attached hydrogens (tertiary/aromatic N) is 3. The summed E-state index contributed by atoms with van der Waals surface area (Å²) in [5.41, 5.74) is 2.40. The molecule has 1 atom stereocenters. The van der Waals surface area contributed by atoms with Crippen LogP contribution in [0.5, 0.6) is 5.75 Å². The lowest BCUT2D eigenvalue weighted by Crippen LogP contribution is -2.46. The number of para-hydroxylation sites is 1. The van der Waals surface area contributed by atoms with E-state index in [1.54, 1.807) is 7.11 Å². The zero-order valence-electron chi connectivity index (χ0n) is 20.8. The Balaban J connectivity index is 1.38. The summed E-state index contributed by atoms with van der Waals surface area (Å²) >= 11 is 0. The van der Waals surface area contributed by atoms with Crippen LogP contribution in [-0.4, -0.2) is 52.8 Å². The molecule has 2 aromatic carbocycles. The number of ether oxygens (including phenoxy) is 2. The molecule has 186 valence electrons. The number of rotatable bonds is 5. The van der Waals surface area contributed by atoms with Crippen LogP contribution in [-0.2, 0) is 16.0 Å². The van der Waals surface area contributed by atoms with E-state index in [1.165, 1.54) is 12.1 Å². The third-order valence-corrected chi connectivity index (χ3v) is 7.45. The van der Waals surface area contributed by atoms with E-state index >= 15 is 0 Å². The Morgan fingerprint density at radius 2 is 1.94 bits per heavy atom. The molecule has 2 saturated heterocycles. The van der Waals surface area contributed by atoms with Gasteiger partial charge in [0.15, 0.2) is 0 Å². The molecule has 1 aromatic heterocycles. The maximum absolute atomic E-state index is 14.0. The van der Waals surface area contributed by atoms with Crippen LogP contribution in [0.4, 0.5) is 4.39 Å². The van der Waals surface area contributed by atoms with E-state index in [-0.39, 0.29) is 29.3 Å². The van der Waals surface area contributed by atoms with Crippen LogP contribution < -0.4 is 4.74 Å². The predicted molar refractivity (Wildman–Crippen MR) is 133 cm³/mol. The van der Waals surface area contributed by atoms with Crippen molar-refractivity contribution >= 4 is 16.9 Å². The molecule has 2 fully saturated rings. The Kier molecular flexibility index (Phi) is 6.53. The average Bonchev–Trinajstić information content (AvgIpc) is 3.20. The van der Waals surface area contributed by atoms with Gasteiger partial charge in [-0.25, -0.2) is 9.37 Å². The van der Waals surface area contributed by atoms with Crippen molar-refractivity contribution in [1.29, 1.82) is 0 Å². The van der Waals surface area contributed by atoms with Crippen molar-refractivity contribution in [3.05, 3.63) is 59.7 Å². The van der Waals surface area contributed by atoms with Crippen LogP contribution in [0.2, 0.25) is 0 Å². The highest BCUT2D eigenvalue weighted by Gasteiger charge is 2.36. The van der Waals surface area contributed by atoms with Crippen molar-refractivity contribution in [2.24, 2.45) is 5.92 Å². The highest BCUT2D eigenvalue weighted by molar-refractivity contribution is 5.79. The zero-order chi connectivity index (χ0) is 24.6. The Bertz CT molecular complexity index is 1210. The van der Waals surface area contributed by atoms with Gasteiger partial charge >= 0.3 is 0 Å². The third-order valence-electron chi connectivity index (χ3n) is 7.45. The molecule has 3 aromatic rings. The first-order valence-electron chi connectivity index (χ1n) is 12.6. The average molecular weight is 480 g/mol. The third kappa shape index (κ3) is 4.92. The van der Waals surface area contributed by atoms with Crippen LogP contribution in [0.3, 0.4) is 0 Å². The van der Waals surface area contributed by atoms with Gasteiger partial charge in [-0.15, -0.1) is 0 Å². The van der Waals surface area contributed by atoms with Crippen molar-refractivity contribution in [3.8, 4) is 5.75 Å². The number of fused-ring (bicyclic) bond motifs is 1. The molecule has 0 spiro atoms. The van der Waals surface area contributed by atoms with Gasteiger partial charge in [-0.3, -0.25) is 4.79 Å². The molecular weight excluding hydrogens is 445 g/mol. The number of benzene rings is 2. The predicted octanol–water partition coefficient (Wildman–Crippen LogP) is 5.14. The summed E-state index contributed by atoms with van der Waals surface area (Å²) in [5.74, 6) is 1.72. The number of piperidine rings is 1. The van der Waals surface area contributed by atoms with Gasteiger partial charge in [-0.1, -0.05) is 18.2 Å². The molecular formula is C28H34FN3O3. The Hall–Kier alpha value is -2.93. The number of hydrogen-bond donors (Lipinski definition) is 0. The first-order valence-corrected chi connectivity index (χ1v) is 12.6. The van der Waals surface area contributed by atoms with Gasteiger partial charge < -0.3 is 18.9 Å². The monoisotopic (exact) mass is 479 g/mol. The van der Waals surface area contributed by atoms with Gasteiger partial charge in [-0.05, 0) is 57.7 Å². The van der Waals surface area contributed by atoms with Crippen LogP contribution in [0, 0.1) is 11.7 Å². The molecule has 3 heterocycles. The molecule has 0 aliphatic carbocycles. The number of aromatic nitrogens is 2. The number of imidazole rings is 1. The number of likely N-dealkylation sites (tertiary alicyclic amines) is 1. The Morgan fingerprint density at radius 1 is 1.17 bits per heavy atom. The largest absolute Gasteiger partial charge is 0.496 e. The number of methoxy groups -OCH3 is 1. The molecule has 2 aliphatic heterocycles. The molecule has 1 unspecified atom stereocenters. The summed E-state index contributed by atoms with van der Waals surface area (Å²) < 4.78 is 27.6. The SMILES string of the molecule is COc1ccccc1Cc1nc2cc(F)ccc2n1C1CCN(C(=O)C2CCOC(C)(C)C2)CC1. The van der Waals surface area contributed by atoms with E-state index in [2.05, 4.69) is 18.4 Å². The van der Waals surface area contributed by atoms with Gasteiger partial charge in [0, 0.05) is 49.7 Å². The minimum absolute atomic E-state index is 0.0356. The molecule has 0 N–H and O–H groups in total. The quantitative estimate of drug-likeness (QED) is 0.508. The lowest BCUT2D eigenvalue weighted by molar-refractivity contribution is -0.146. The molecule has 0 saturated carbocycles. The highest BCUT2D eigenvalue weighted by atomic mass is 19.1. The maximum atomic E-state index is 14.0. The highest BCUT2D eigenvalue weighted by Crippen LogP contribution is 2.34. The molecule has 6 nitrogen and oxygen atoms in total. The summed E-state index contributed by atoms with van der Waals surface area (Å²) in [6, 6.07) is 13.0. The first kappa shape index (κ1) is 23.8. The van der Waals surface area contributed by atoms with E-state index in [1.807, 2.05) is 35.2 Å². The van der Waals surface area contributed by atoms with Crippen molar-refractivity contribution < 1.29 is 18.7 Å². The lowest BCUT2D eigenvalue weighted by Gasteiger charge is -2.39. The molecule has 5 rings (SSSR count). The van der Waals surface area contributed by atoms with Gasteiger partial charge in [0.25, 0.3) is 0 Å². The topological polar surface area (TPSA) is 56.6 Å². The van der Waals surface area contributed by atoms with Crippen LogP contribution in [0.1, 0.15) is 57.0 Å². The van der Waals surface area contributed by atoms with Crippen molar-refractivity contribution in [2.75, 3.05) is 26.8 Å². The maximum Gasteiger partial charge on any atom is 0.225 e. The first-order chi connectivity index (χ1) is 16.8.